The number of hydrogen-bond donors (Lipinski definition) is 7. The minimum absolute atomic E-state index is 0.598. The van der Waals surface area contributed by atoms with Crippen LogP contribution in [0.25, 0.3) is 0 Å². The number of carboxylic acids is 1. The van der Waals surface area contributed by atoms with E-state index in [9.17, 15) is 30.0 Å². The van der Waals surface area contributed by atoms with Crippen molar-refractivity contribution in [3.8, 4) is 0 Å². The fraction of sp³-hybridized carbons (Fsp3) is 0.818. The normalized spacial score (nSPS) is 35.8. The molecule has 1 aliphatic heterocycles. The summed E-state index contributed by atoms with van der Waals surface area (Å²) in [6, 6.07) is -1.27. The third kappa shape index (κ3) is 3.87. The smallest absolute Gasteiger partial charge is 0.364 e. The number of carboxylic acid groups (broad SMARTS) is 1. The molecule has 7 N–H and O–H groups in total. The van der Waals surface area contributed by atoms with Gasteiger partial charge in [-0.15, -0.1) is 0 Å². The number of rotatable bonds is 5. The van der Waals surface area contributed by atoms with E-state index in [-0.39, 0.29) is 0 Å². The van der Waals surface area contributed by atoms with Crippen LogP contribution >= 0.6 is 0 Å². The van der Waals surface area contributed by atoms with E-state index in [0.717, 1.165) is 6.92 Å². The molecule has 1 rings (SSSR count). The molecular weight excluding hydrogens is 291 g/mol. The molecule has 0 aliphatic carbocycles. The van der Waals surface area contributed by atoms with E-state index < -0.39 is 61.1 Å². The number of amides is 1. The molecule has 0 aromatic carbocycles. The Labute approximate surface area is 119 Å². The largest absolute Gasteiger partial charge is 0.477 e. The van der Waals surface area contributed by atoms with Crippen LogP contribution in [0.15, 0.2) is 0 Å². The number of ether oxygens (including phenoxy) is 1. The van der Waals surface area contributed by atoms with Crippen LogP contribution in [0.3, 0.4) is 0 Å². The Balaban J connectivity index is 3.07. The Morgan fingerprint density at radius 2 is 2.00 bits per heavy atom. The minimum Gasteiger partial charge on any atom is -0.477 e. The predicted octanol–water partition coefficient (Wildman–Crippen LogP) is -3.87. The van der Waals surface area contributed by atoms with Gasteiger partial charge in [-0.05, 0) is 0 Å². The highest BCUT2D eigenvalue weighted by Gasteiger charge is 2.53. The zero-order chi connectivity index (χ0) is 16.4. The number of aliphatic hydroxyl groups excluding tert-OH is 4. The maximum atomic E-state index is 11.1. The lowest BCUT2D eigenvalue weighted by Gasteiger charge is -2.44. The second-order valence-electron chi connectivity index (χ2n) is 4.91. The first-order valence-electron chi connectivity index (χ1n) is 6.18. The summed E-state index contributed by atoms with van der Waals surface area (Å²) in [5.41, 5.74) is 0. The molecule has 1 saturated heterocycles. The number of nitrogens with one attached hydrogen (secondary N) is 1. The van der Waals surface area contributed by atoms with Crippen molar-refractivity contribution in [2.24, 2.45) is 0 Å². The molecule has 1 aliphatic rings. The van der Waals surface area contributed by atoms with Gasteiger partial charge in [0.25, 0.3) is 5.79 Å². The van der Waals surface area contributed by atoms with Gasteiger partial charge in [-0.3, -0.25) is 4.79 Å². The molecule has 0 saturated carbocycles. The van der Waals surface area contributed by atoms with E-state index in [0.29, 0.717) is 0 Å². The highest BCUT2D eigenvalue weighted by atomic mass is 16.7. The fourth-order valence-electron chi connectivity index (χ4n) is 2.14. The fourth-order valence-corrected chi connectivity index (χ4v) is 2.14. The highest BCUT2D eigenvalue weighted by molar-refractivity contribution is 5.76. The maximum absolute atomic E-state index is 11.1. The summed E-state index contributed by atoms with van der Waals surface area (Å²) in [4.78, 5) is 22.1. The monoisotopic (exact) mass is 310 g/mol. The molecule has 1 heterocycles. The molecule has 0 aromatic heterocycles. The molecule has 21 heavy (non-hydrogen) atoms. The molecule has 1 amide bonds. The first kappa shape index (κ1) is 17.8. The average molecular weight is 310 g/mol. The molecule has 0 radical (unpaired) electrons. The molecule has 0 spiro atoms. The topological polar surface area (TPSA) is 177 Å². The van der Waals surface area contributed by atoms with Crippen molar-refractivity contribution in [2.45, 2.75) is 49.6 Å². The van der Waals surface area contributed by atoms with Crippen molar-refractivity contribution in [3.63, 3.8) is 0 Å². The van der Waals surface area contributed by atoms with Crippen molar-refractivity contribution in [3.05, 3.63) is 0 Å². The summed E-state index contributed by atoms with van der Waals surface area (Å²) in [6.45, 7) is 0.256. The molecule has 10 nitrogen and oxygen atoms in total. The van der Waals surface area contributed by atoms with Gasteiger partial charge in [0.05, 0.1) is 18.8 Å². The number of aliphatic carboxylic acids is 1. The molecule has 1 fully saturated rings. The van der Waals surface area contributed by atoms with E-state index >= 15 is 0 Å². The molecule has 10 heteroatoms. The number of hydrogen-bond acceptors (Lipinski definition) is 8. The van der Waals surface area contributed by atoms with E-state index in [1.165, 1.54) is 0 Å². The summed E-state index contributed by atoms with van der Waals surface area (Å²) >= 11 is 0. The zero-order valence-electron chi connectivity index (χ0n) is 11.2. The van der Waals surface area contributed by atoms with Crippen LogP contribution in [0.4, 0.5) is 0 Å². The van der Waals surface area contributed by atoms with Crippen LogP contribution < -0.4 is 5.32 Å². The van der Waals surface area contributed by atoms with Crippen molar-refractivity contribution in [2.75, 3.05) is 6.61 Å². The van der Waals surface area contributed by atoms with E-state index in [1.807, 2.05) is 0 Å². The number of carbonyl (C=O) groups is 2. The summed E-state index contributed by atoms with van der Waals surface area (Å²) in [7, 11) is 0. The standard InChI is InChI=1S/C11H19NO9/c1-4(14)12-7-5(15)2-11(20,10(18)19)21-9(7)8(17)6(16)3-13/h5-9,13,15-17,20H,2-3H2,1H3,(H,12,14)(H,18,19)/t5-,6+,7+,8+,9+,11-/m0/s1/i10+1. The Morgan fingerprint density at radius 1 is 1.43 bits per heavy atom. The lowest BCUT2D eigenvalue weighted by molar-refractivity contribution is -0.295. The Bertz CT molecular complexity index is 403. The second-order valence-corrected chi connectivity index (χ2v) is 4.91. The van der Waals surface area contributed by atoms with Gasteiger partial charge in [0, 0.05) is 13.3 Å². The minimum atomic E-state index is -2.78. The van der Waals surface area contributed by atoms with Crippen LogP contribution in [0.1, 0.15) is 13.3 Å². The SMILES string of the molecule is CC(=O)N[C@H]1[C@H]([C@H](O)[C@H](O)CO)O[C@](O)([13C](=O)O)C[C@@H]1O. The Hall–Kier alpha value is -1.30. The summed E-state index contributed by atoms with van der Waals surface area (Å²) in [5.74, 6) is -5.17. The van der Waals surface area contributed by atoms with Crippen LogP contribution in [0.5, 0.6) is 0 Å². The van der Waals surface area contributed by atoms with E-state index in [2.05, 4.69) is 5.32 Å². The zero-order valence-corrected chi connectivity index (χ0v) is 11.2. The van der Waals surface area contributed by atoms with Gasteiger partial charge in [-0.25, -0.2) is 4.79 Å². The van der Waals surface area contributed by atoms with Crippen molar-refractivity contribution in [1.82, 2.24) is 5.32 Å². The third-order valence-electron chi connectivity index (χ3n) is 3.21. The molecule has 122 valence electrons. The van der Waals surface area contributed by atoms with E-state index in [1.54, 1.807) is 0 Å². The van der Waals surface area contributed by atoms with Gasteiger partial charge in [0.1, 0.15) is 18.3 Å². The Kier molecular flexibility index (Phi) is 5.61. The summed E-state index contributed by atoms with van der Waals surface area (Å²) in [5, 5.41) is 59.0. The average Bonchev–Trinajstić information content (AvgIpc) is 2.39. The van der Waals surface area contributed by atoms with Crippen LogP contribution in [0, 0.1) is 0 Å². The van der Waals surface area contributed by atoms with Crippen molar-refractivity contribution >= 4 is 11.9 Å². The lowest BCUT2D eigenvalue weighted by atomic mass is 9.90. The number of carbonyl (C=O) groups excluding carboxylic acids is 1. The summed E-state index contributed by atoms with van der Waals surface area (Å²) < 4.78 is 4.86. The van der Waals surface area contributed by atoms with Gasteiger partial charge in [0.15, 0.2) is 0 Å². The van der Waals surface area contributed by atoms with Crippen molar-refractivity contribution in [1.29, 1.82) is 0 Å². The quantitative estimate of drug-likeness (QED) is 0.250. The highest BCUT2D eigenvalue weighted by Crippen LogP contribution is 2.30. The van der Waals surface area contributed by atoms with Crippen molar-refractivity contribution < 1.29 is 45.0 Å². The number of aliphatic hydroxyl groups is 5. The molecular formula is C11H19NO9. The molecule has 0 unspecified atom stereocenters. The first-order valence-corrected chi connectivity index (χ1v) is 6.18. The maximum Gasteiger partial charge on any atom is 0.364 e. The Morgan fingerprint density at radius 3 is 2.43 bits per heavy atom. The summed E-state index contributed by atoms with van der Waals surface area (Å²) in [6.07, 6.45) is -7.48. The first-order chi connectivity index (χ1) is 9.62. The van der Waals surface area contributed by atoms with Gasteiger partial charge in [-0.1, -0.05) is 0 Å². The van der Waals surface area contributed by atoms with E-state index in [4.69, 9.17) is 14.9 Å². The molecule has 6 atom stereocenters. The predicted molar refractivity (Wildman–Crippen MR) is 64.8 cm³/mol. The van der Waals surface area contributed by atoms with Crippen LogP contribution in [-0.4, -0.2) is 85.4 Å². The molecule has 0 bridgehead atoms. The van der Waals surface area contributed by atoms with Gasteiger partial charge in [0.2, 0.25) is 5.91 Å². The van der Waals surface area contributed by atoms with Gasteiger partial charge in [-0.2, -0.15) is 0 Å². The third-order valence-corrected chi connectivity index (χ3v) is 3.21. The van der Waals surface area contributed by atoms with Gasteiger partial charge >= 0.3 is 5.97 Å². The van der Waals surface area contributed by atoms with Crippen LogP contribution in [-0.2, 0) is 14.3 Å². The second kappa shape index (κ2) is 6.64. The lowest BCUT2D eigenvalue weighted by Crippen LogP contribution is -2.67. The molecule has 0 aromatic rings. The van der Waals surface area contributed by atoms with Crippen LogP contribution in [0.2, 0.25) is 0 Å². The van der Waals surface area contributed by atoms with Gasteiger partial charge < -0.3 is 40.7 Å².